The Morgan fingerprint density at radius 2 is 1.94 bits per heavy atom. The van der Waals surface area contributed by atoms with Crippen molar-refractivity contribution >= 4 is 5.69 Å². The van der Waals surface area contributed by atoms with Crippen LogP contribution in [0.25, 0.3) is 0 Å². The van der Waals surface area contributed by atoms with Crippen molar-refractivity contribution in [2.45, 2.75) is 52.0 Å². The Bertz CT molecular complexity index is 329. The smallest absolute Gasteiger partial charge is 0.0493 e. The van der Waals surface area contributed by atoms with E-state index in [1.165, 1.54) is 24.1 Å². The highest BCUT2D eigenvalue weighted by Gasteiger charge is 2.25. The predicted octanol–water partition coefficient (Wildman–Crippen LogP) is 3.70. The fourth-order valence-electron chi connectivity index (χ4n) is 2.14. The van der Waals surface area contributed by atoms with Crippen LogP contribution in [0.2, 0.25) is 0 Å². The van der Waals surface area contributed by atoms with Gasteiger partial charge in [-0.15, -0.1) is 0 Å². The summed E-state index contributed by atoms with van der Waals surface area (Å²) >= 11 is 0. The van der Waals surface area contributed by atoms with Gasteiger partial charge in [-0.2, -0.15) is 0 Å². The van der Waals surface area contributed by atoms with E-state index in [1.54, 1.807) is 0 Å². The fourth-order valence-corrected chi connectivity index (χ4v) is 2.14. The van der Waals surface area contributed by atoms with E-state index in [4.69, 9.17) is 5.73 Å². The lowest BCUT2D eigenvalue weighted by Crippen LogP contribution is -2.45. The first-order valence-electron chi connectivity index (χ1n) is 6.71. The topological polar surface area (TPSA) is 38.0 Å². The van der Waals surface area contributed by atoms with E-state index in [0.29, 0.717) is 6.54 Å². The van der Waals surface area contributed by atoms with Gasteiger partial charge >= 0.3 is 0 Å². The summed E-state index contributed by atoms with van der Waals surface area (Å²) in [6.45, 7) is 7.27. The van der Waals surface area contributed by atoms with E-state index in [0.717, 1.165) is 12.8 Å². The van der Waals surface area contributed by atoms with Gasteiger partial charge in [-0.3, -0.25) is 0 Å². The van der Waals surface area contributed by atoms with Gasteiger partial charge in [0.05, 0.1) is 0 Å². The third-order valence-corrected chi connectivity index (χ3v) is 3.62. The van der Waals surface area contributed by atoms with E-state index in [1.807, 2.05) is 0 Å². The first-order chi connectivity index (χ1) is 8.17. The van der Waals surface area contributed by atoms with E-state index in [9.17, 15) is 0 Å². The zero-order chi connectivity index (χ0) is 12.7. The summed E-state index contributed by atoms with van der Waals surface area (Å²) in [7, 11) is 0. The van der Waals surface area contributed by atoms with Gasteiger partial charge in [0.2, 0.25) is 0 Å². The van der Waals surface area contributed by atoms with Crippen LogP contribution < -0.4 is 11.1 Å². The van der Waals surface area contributed by atoms with E-state index in [2.05, 4.69) is 50.4 Å². The van der Waals surface area contributed by atoms with E-state index >= 15 is 0 Å². The quantitative estimate of drug-likeness (QED) is 0.755. The second-order valence-electron chi connectivity index (χ2n) is 4.88. The third-order valence-electron chi connectivity index (χ3n) is 3.62. The molecule has 0 aliphatic rings. The zero-order valence-corrected chi connectivity index (χ0v) is 11.4. The summed E-state index contributed by atoms with van der Waals surface area (Å²) in [5.41, 5.74) is 8.56. The van der Waals surface area contributed by atoms with E-state index in [-0.39, 0.29) is 5.54 Å². The highest BCUT2D eigenvalue weighted by molar-refractivity contribution is 5.52. The van der Waals surface area contributed by atoms with Crippen molar-refractivity contribution in [1.82, 2.24) is 0 Å². The maximum atomic E-state index is 5.99. The zero-order valence-electron chi connectivity index (χ0n) is 11.4. The largest absolute Gasteiger partial charge is 0.378 e. The molecule has 0 saturated carbocycles. The molecular formula is C15H26N2. The van der Waals surface area contributed by atoms with Crippen molar-refractivity contribution < 1.29 is 0 Å². The Labute approximate surface area is 106 Å². The van der Waals surface area contributed by atoms with Gasteiger partial charge in [0.15, 0.2) is 0 Å². The molecule has 0 spiro atoms. The van der Waals surface area contributed by atoms with Crippen molar-refractivity contribution in [3.05, 3.63) is 29.8 Å². The number of rotatable bonds is 7. The monoisotopic (exact) mass is 234 g/mol. The maximum Gasteiger partial charge on any atom is 0.0493 e. The number of hydrogen-bond acceptors (Lipinski definition) is 2. The molecule has 2 heteroatoms. The highest BCUT2D eigenvalue weighted by atomic mass is 15.0. The van der Waals surface area contributed by atoms with Gasteiger partial charge in [-0.05, 0) is 31.4 Å². The molecule has 1 aromatic rings. The second kappa shape index (κ2) is 6.65. The average molecular weight is 234 g/mol. The lowest BCUT2D eigenvalue weighted by Gasteiger charge is -2.34. The molecule has 1 atom stereocenters. The van der Waals surface area contributed by atoms with Crippen molar-refractivity contribution in [3.63, 3.8) is 0 Å². The standard InChI is InChI=1S/C15H26N2/c1-4-6-11-15(5-2,12-16)17-14-10-8-7-9-13(14)3/h7-10,17H,4-6,11-12,16H2,1-3H3. The molecule has 0 radical (unpaired) electrons. The van der Waals surface area contributed by atoms with Gasteiger partial charge in [0, 0.05) is 17.8 Å². The molecule has 0 amide bonds. The average Bonchev–Trinajstić information content (AvgIpc) is 2.37. The summed E-state index contributed by atoms with van der Waals surface area (Å²) in [4.78, 5) is 0. The van der Waals surface area contributed by atoms with Crippen LogP contribution in [0.1, 0.15) is 45.1 Å². The molecule has 3 N–H and O–H groups in total. The number of para-hydroxylation sites is 1. The van der Waals surface area contributed by atoms with Crippen LogP contribution in [0.5, 0.6) is 0 Å². The molecule has 0 bridgehead atoms. The molecule has 17 heavy (non-hydrogen) atoms. The molecule has 96 valence electrons. The van der Waals surface area contributed by atoms with Crippen molar-refractivity contribution in [2.75, 3.05) is 11.9 Å². The summed E-state index contributed by atoms with van der Waals surface area (Å²) in [5.74, 6) is 0. The SMILES string of the molecule is CCCCC(CC)(CN)Nc1ccccc1C. The predicted molar refractivity (Wildman–Crippen MR) is 76.4 cm³/mol. The van der Waals surface area contributed by atoms with Crippen LogP contribution in [0.3, 0.4) is 0 Å². The number of aryl methyl sites for hydroxylation is 1. The summed E-state index contributed by atoms with van der Waals surface area (Å²) in [5, 5.41) is 3.67. The molecule has 0 aromatic heterocycles. The first kappa shape index (κ1) is 14.0. The molecule has 0 heterocycles. The number of nitrogens with one attached hydrogen (secondary N) is 1. The number of unbranched alkanes of at least 4 members (excludes halogenated alkanes) is 1. The minimum atomic E-state index is 0.0577. The molecule has 0 fully saturated rings. The first-order valence-corrected chi connectivity index (χ1v) is 6.71. The maximum absolute atomic E-state index is 5.99. The molecular weight excluding hydrogens is 208 g/mol. The van der Waals surface area contributed by atoms with Crippen molar-refractivity contribution in [1.29, 1.82) is 0 Å². The molecule has 1 aromatic carbocycles. The van der Waals surface area contributed by atoms with Crippen molar-refractivity contribution in [2.24, 2.45) is 5.73 Å². The molecule has 0 aliphatic heterocycles. The van der Waals surface area contributed by atoms with E-state index < -0.39 is 0 Å². The Balaban J connectivity index is 2.82. The Morgan fingerprint density at radius 1 is 1.24 bits per heavy atom. The molecule has 0 aliphatic carbocycles. The Kier molecular flexibility index (Phi) is 5.49. The number of hydrogen-bond donors (Lipinski definition) is 2. The molecule has 1 unspecified atom stereocenters. The van der Waals surface area contributed by atoms with Crippen LogP contribution in [0.15, 0.2) is 24.3 Å². The van der Waals surface area contributed by atoms with Gasteiger partial charge in [-0.25, -0.2) is 0 Å². The molecule has 2 nitrogen and oxygen atoms in total. The van der Waals surface area contributed by atoms with Gasteiger partial charge in [0.25, 0.3) is 0 Å². The summed E-state index contributed by atoms with van der Waals surface area (Å²) < 4.78 is 0. The lowest BCUT2D eigenvalue weighted by molar-refractivity contribution is 0.411. The Hall–Kier alpha value is -1.02. The normalized spacial score (nSPS) is 14.4. The number of benzene rings is 1. The minimum absolute atomic E-state index is 0.0577. The van der Waals surface area contributed by atoms with Crippen LogP contribution in [-0.2, 0) is 0 Å². The molecule has 0 saturated heterocycles. The Morgan fingerprint density at radius 3 is 2.47 bits per heavy atom. The van der Waals surface area contributed by atoms with Crippen LogP contribution >= 0.6 is 0 Å². The van der Waals surface area contributed by atoms with Crippen LogP contribution in [0.4, 0.5) is 5.69 Å². The summed E-state index contributed by atoms with van der Waals surface area (Å²) in [6.07, 6.45) is 4.66. The fraction of sp³-hybridized carbons (Fsp3) is 0.600. The lowest BCUT2D eigenvalue weighted by atomic mass is 9.89. The highest BCUT2D eigenvalue weighted by Crippen LogP contribution is 2.25. The third kappa shape index (κ3) is 3.74. The second-order valence-corrected chi connectivity index (χ2v) is 4.88. The van der Waals surface area contributed by atoms with Crippen LogP contribution in [0, 0.1) is 6.92 Å². The van der Waals surface area contributed by atoms with Crippen molar-refractivity contribution in [3.8, 4) is 0 Å². The van der Waals surface area contributed by atoms with Gasteiger partial charge in [0.1, 0.15) is 0 Å². The van der Waals surface area contributed by atoms with Crippen LogP contribution in [-0.4, -0.2) is 12.1 Å². The summed E-state index contributed by atoms with van der Waals surface area (Å²) in [6, 6.07) is 8.43. The number of anilines is 1. The van der Waals surface area contributed by atoms with Gasteiger partial charge in [-0.1, -0.05) is 44.9 Å². The van der Waals surface area contributed by atoms with Gasteiger partial charge < -0.3 is 11.1 Å². The minimum Gasteiger partial charge on any atom is -0.378 e. The molecule has 1 rings (SSSR count). The number of nitrogens with two attached hydrogens (primary N) is 1.